The van der Waals surface area contributed by atoms with Gasteiger partial charge in [-0.25, -0.2) is 0 Å². The highest BCUT2D eigenvalue weighted by Gasteiger charge is 2.07. The minimum Gasteiger partial charge on any atom is -0.497 e. The molecule has 2 aromatic rings. The average molecular weight is 295 g/mol. The highest BCUT2D eigenvalue weighted by molar-refractivity contribution is 6.08. The first kappa shape index (κ1) is 15.8. The number of methoxy groups -OCH3 is 1. The third-order valence-electron chi connectivity index (χ3n) is 3.46. The molecule has 22 heavy (non-hydrogen) atoms. The third kappa shape index (κ3) is 4.22. The number of hydrogen-bond donors (Lipinski definition) is 1. The van der Waals surface area contributed by atoms with Crippen LogP contribution in [0.3, 0.4) is 0 Å². The summed E-state index contributed by atoms with van der Waals surface area (Å²) in [6.45, 7) is 4.50. The van der Waals surface area contributed by atoms with E-state index in [9.17, 15) is 4.79 Å². The van der Waals surface area contributed by atoms with Crippen LogP contribution in [0.4, 0.5) is 0 Å². The van der Waals surface area contributed by atoms with Gasteiger partial charge in [0.15, 0.2) is 5.78 Å². The summed E-state index contributed by atoms with van der Waals surface area (Å²) in [6, 6.07) is 15.5. The number of ketones is 1. The number of rotatable bonds is 6. The van der Waals surface area contributed by atoms with E-state index in [-0.39, 0.29) is 5.78 Å². The van der Waals surface area contributed by atoms with Crippen molar-refractivity contribution in [1.29, 1.82) is 0 Å². The summed E-state index contributed by atoms with van der Waals surface area (Å²) in [6.07, 6.45) is 1.77. The number of carbonyl (C=O) groups is 1. The fourth-order valence-electron chi connectivity index (χ4n) is 2.06. The molecule has 2 aromatic carbocycles. The molecule has 0 atom stereocenters. The van der Waals surface area contributed by atoms with Crippen molar-refractivity contribution in [1.82, 2.24) is 5.32 Å². The second-order valence-corrected chi connectivity index (χ2v) is 5.25. The van der Waals surface area contributed by atoms with Gasteiger partial charge in [-0.05, 0) is 31.5 Å². The van der Waals surface area contributed by atoms with Gasteiger partial charge < -0.3 is 10.1 Å². The van der Waals surface area contributed by atoms with Crippen molar-refractivity contribution in [2.24, 2.45) is 0 Å². The lowest BCUT2D eigenvalue weighted by atomic mass is 10.0. The molecule has 0 radical (unpaired) electrons. The second-order valence-electron chi connectivity index (χ2n) is 5.25. The largest absolute Gasteiger partial charge is 0.497 e. The molecule has 2 rings (SSSR count). The number of Topliss-reactive ketones (excluding diaryl/α,β-unsaturated/α-hetero) is 1. The number of nitrogens with one attached hydrogen (secondary N) is 1. The molecule has 0 aliphatic heterocycles. The van der Waals surface area contributed by atoms with E-state index in [2.05, 4.69) is 5.32 Å². The van der Waals surface area contributed by atoms with Crippen LogP contribution in [0.15, 0.2) is 60.3 Å². The van der Waals surface area contributed by atoms with E-state index < -0.39 is 0 Å². The molecule has 114 valence electrons. The summed E-state index contributed by atoms with van der Waals surface area (Å²) >= 11 is 0. The number of ether oxygens (including phenoxy) is 1. The van der Waals surface area contributed by atoms with Gasteiger partial charge in [0.25, 0.3) is 0 Å². The van der Waals surface area contributed by atoms with Crippen LogP contribution in [0.2, 0.25) is 0 Å². The number of benzene rings is 2. The molecule has 0 spiro atoms. The summed E-state index contributed by atoms with van der Waals surface area (Å²) in [5.41, 5.74) is 3.69. The molecule has 0 heterocycles. The lowest BCUT2D eigenvalue weighted by Crippen LogP contribution is -2.09. The molecular weight excluding hydrogens is 274 g/mol. The topological polar surface area (TPSA) is 38.3 Å². The Bertz CT molecular complexity index is 655. The Hall–Kier alpha value is -2.55. The first-order chi connectivity index (χ1) is 10.6. The van der Waals surface area contributed by atoms with Crippen LogP contribution in [0.1, 0.15) is 28.4 Å². The fourth-order valence-corrected chi connectivity index (χ4v) is 2.06. The van der Waals surface area contributed by atoms with E-state index in [1.165, 1.54) is 0 Å². The van der Waals surface area contributed by atoms with Gasteiger partial charge in [0.1, 0.15) is 5.75 Å². The van der Waals surface area contributed by atoms with E-state index >= 15 is 0 Å². The summed E-state index contributed by atoms with van der Waals surface area (Å²) in [5, 5.41) is 3.18. The average Bonchev–Trinajstić information content (AvgIpc) is 2.55. The van der Waals surface area contributed by atoms with Gasteiger partial charge in [0, 0.05) is 23.9 Å². The van der Waals surface area contributed by atoms with Gasteiger partial charge in [-0.1, -0.05) is 42.0 Å². The number of hydrogen-bond acceptors (Lipinski definition) is 3. The zero-order valence-electron chi connectivity index (χ0n) is 13.2. The van der Waals surface area contributed by atoms with E-state index in [4.69, 9.17) is 4.74 Å². The maximum atomic E-state index is 12.3. The minimum atomic E-state index is 0.0437. The van der Waals surface area contributed by atoms with Crippen molar-refractivity contribution in [3.8, 4) is 5.75 Å². The van der Waals surface area contributed by atoms with Gasteiger partial charge in [0.05, 0.1) is 7.11 Å². The van der Waals surface area contributed by atoms with Crippen LogP contribution in [-0.4, -0.2) is 12.9 Å². The lowest BCUT2D eigenvalue weighted by molar-refractivity contribution is 0.103. The first-order valence-electron chi connectivity index (χ1n) is 7.24. The summed E-state index contributed by atoms with van der Waals surface area (Å²) in [7, 11) is 1.65. The molecular formula is C19H21NO2. The van der Waals surface area contributed by atoms with Gasteiger partial charge in [0.2, 0.25) is 0 Å². The van der Waals surface area contributed by atoms with Crippen molar-refractivity contribution in [3.63, 3.8) is 0 Å². The SMILES string of the molecule is COc1ccc(CNC=C(C)C(=O)c2ccc(C)cc2)cc1. The zero-order valence-corrected chi connectivity index (χ0v) is 13.2. The van der Waals surface area contributed by atoms with Crippen LogP contribution >= 0.6 is 0 Å². The molecule has 0 fully saturated rings. The predicted molar refractivity (Wildman–Crippen MR) is 89.1 cm³/mol. The molecule has 1 N–H and O–H groups in total. The quantitative estimate of drug-likeness (QED) is 0.649. The third-order valence-corrected chi connectivity index (χ3v) is 3.46. The Morgan fingerprint density at radius 2 is 1.73 bits per heavy atom. The number of aryl methyl sites for hydroxylation is 1. The van der Waals surface area contributed by atoms with Crippen LogP contribution in [0.5, 0.6) is 5.75 Å². The van der Waals surface area contributed by atoms with Crippen molar-refractivity contribution >= 4 is 5.78 Å². The Labute approximate surface area is 131 Å². The first-order valence-corrected chi connectivity index (χ1v) is 7.24. The van der Waals surface area contributed by atoms with Crippen LogP contribution in [0.25, 0.3) is 0 Å². The monoisotopic (exact) mass is 295 g/mol. The predicted octanol–water partition coefficient (Wildman–Crippen LogP) is 3.88. The Kier molecular flexibility index (Phi) is 5.37. The summed E-state index contributed by atoms with van der Waals surface area (Å²) in [5.74, 6) is 0.882. The number of allylic oxidation sites excluding steroid dienone is 1. The van der Waals surface area contributed by atoms with Crippen molar-refractivity contribution < 1.29 is 9.53 Å². The maximum absolute atomic E-state index is 12.3. The number of carbonyl (C=O) groups excluding carboxylic acids is 1. The maximum Gasteiger partial charge on any atom is 0.190 e. The summed E-state index contributed by atoms with van der Waals surface area (Å²) < 4.78 is 5.12. The van der Waals surface area contributed by atoms with Gasteiger partial charge in [-0.15, -0.1) is 0 Å². The second kappa shape index (κ2) is 7.46. The van der Waals surface area contributed by atoms with E-state index in [0.717, 1.165) is 16.9 Å². The van der Waals surface area contributed by atoms with Crippen molar-refractivity contribution in [2.75, 3.05) is 7.11 Å². The molecule has 0 unspecified atom stereocenters. The molecule has 0 aromatic heterocycles. The Balaban J connectivity index is 1.94. The molecule has 0 amide bonds. The van der Waals surface area contributed by atoms with Crippen LogP contribution in [0, 0.1) is 6.92 Å². The van der Waals surface area contributed by atoms with Crippen LogP contribution < -0.4 is 10.1 Å². The summed E-state index contributed by atoms with van der Waals surface area (Å²) in [4.78, 5) is 12.3. The highest BCUT2D eigenvalue weighted by atomic mass is 16.5. The lowest BCUT2D eigenvalue weighted by Gasteiger charge is -2.06. The Morgan fingerprint density at radius 3 is 2.32 bits per heavy atom. The molecule has 3 heteroatoms. The van der Waals surface area contributed by atoms with Crippen LogP contribution in [-0.2, 0) is 6.54 Å². The smallest absolute Gasteiger partial charge is 0.190 e. The van der Waals surface area contributed by atoms with Gasteiger partial charge >= 0.3 is 0 Å². The molecule has 0 bridgehead atoms. The molecule has 0 aliphatic rings. The fraction of sp³-hybridized carbons (Fsp3) is 0.211. The molecule has 3 nitrogen and oxygen atoms in total. The highest BCUT2D eigenvalue weighted by Crippen LogP contribution is 2.12. The van der Waals surface area contributed by atoms with E-state index in [0.29, 0.717) is 17.7 Å². The van der Waals surface area contributed by atoms with Crippen molar-refractivity contribution in [3.05, 3.63) is 77.0 Å². The molecule has 0 saturated heterocycles. The van der Waals surface area contributed by atoms with Gasteiger partial charge in [-0.2, -0.15) is 0 Å². The molecule has 0 saturated carbocycles. The normalized spacial score (nSPS) is 11.1. The van der Waals surface area contributed by atoms with Gasteiger partial charge in [-0.3, -0.25) is 4.79 Å². The van der Waals surface area contributed by atoms with E-state index in [1.54, 1.807) is 13.3 Å². The molecule has 0 aliphatic carbocycles. The van der Waals surface area contributed by atoms with E-state index in [1.807, 2.05) is 62.4 Å². The standard InChI is InChI=1S/C19H21NO2/c1-14-4-8-17(9-5-14)19(21)15(2)12-20-13-16-6-10-18(22-3)11-7-16/h4-12,20H,13H2,1-3H3. The zero-order chi connectivity index (χ0) is 15.9. The van der Waals surface area contributed by atoms with Crippen molar-refractivity contribution in [2.45, 2.75) is 20.4 Å². The Morgan fingerprint density at radius 1 is 1.09 bits per heavy atom. The minimum absolute atomic E-state index is 0.0437.